The Labute approximate surface area is 118 Å². The summed E-state index contributed by atoms with van der Waals surface area (Å²) in [6.45, 7) is 2.22. The molecule has 110 valence electrons. The molecule has 0 amide bonds. The molecular weight excluding hydrogens is 256 g/mol. The number of carboxylic acid groups (broad SMARTS) is 1. The van der Waals surface area contributed by atoms with Gasteiger partial charge in [-0.05, 0) is 37.5 Å². The van der Waals surface area contributed by atoms with E-state index in [2.05, 4.69) is 5.32 Å². The van der Waals surface area contributed by atoms with Crippen molar-refractivity contribution in [1.82, 2.24) is 0 Å². The predicted octanol–water partition coefficient (Wildman–Crippen LogP) is 2.38. The van der Waals surface area contributed by atoms with E-state index in [1.165, 1.54) is 12.5 Å². The van der Waals surface area contributed by atoms with E-state index in [0.29, 0.717) is 17.9 Å². The smallest absolute Gasteiger partial charge is 0.337 e. The van der Waals surface area contributed by atoms with Gasteiger partial charge < -0.3 is 21.3 Å². The first-order chi connectivity index (χ1) is 9.41. The Bertz CT molecular complexity index is 508. The monoisotopic (exact) mass is 278 g/mol. The molecule has 0 spiro atoms. The maximum atomic E-state index is 11.1. The SMILES string of the molecule is Cc1cc(NCC2(O)CCCCC2)cc(C(=O)O)c1N. The molecular formula is C15H22N2O3. The molecule has 5 N–H and O–H groups in total. The highest BCUT2D eigenvalue weighted by molar-refractivity contribution is 5.95. The molecule has 0 atom stereocenters. The average molecular weight is 278 g/mol. The van der Waals surface area contributed by atoms with Crippen LogP contribution in [0.2, 0.25) is 0 Å². The molecule has 0 aliphatic heterocycles. The third-order valence-corrected chi connectivity index (χ3v) is 4.02. The maximum Gasteiger partial charge on any atom is 0.337 e. The van der Waals surface area contributed by atoms with Crippen LogP contribution in [0.1, 0.15) is 48.0 Å². The fourth-order valence-electron chi connectivity index (χ4n) is 2.73. The summed E-state index contributed by atoms with van der Waals surface area (Å²) in [5, 5.41) is 22.7. The lowest BCUT2D eigenvalue weighted by atomic mass is 9.85. The van der Waals surface area contributed by atoms with Crippen LogP contribution in [0.5, 0.6) is 0 Å². The second-order valence-corrected chi connectivity index (χ2v) is 5.70. The van der Waals surface area contributed by atoms with Crippen molar-refractivity contribution in [1.29, 1.82) is 0 Å². The zero-order valence-corrected chi connectivity index (χ0v) is 11.8. The molecule has 20 heavy (non-hydrogen) atoms. The van der Waals surface area contributed by atoms with Crippen molar-refractivity contribution in [3.8, 4) is 0 Å². The van der Waals surface area contributed by atoms with Gasteiger partial charge in [-0.3, -0.25) is 0 Å². The van der Waals surface area contributed by atoms with Gasteiger partial charge in [0.1, 0.15) is 0 Å². The Balaban J connectivity index is 2.11. The molecule has 1 aliphatic carbocycles. The number of aryl methyl sites for hydroxylation is 1. The fourth-order valence-corrected chi connectivity index (χ4v) is 2.73. The maximum absolute atomic E-state index is 11.1. The van der Waals surface area contributed by atoms with Crippen molar-refractivity contribution in [2.75, 3.05) is 17.6 Å². The summed E-state index contributed by atoms with van der Waals surface area (Å²) in [4.78, 5) is 11.1. The van der Waals surface area contributed by atoms with Gasteiger partial charge in [-0.1, -0.05) is 19.3 Å². The Hall–Kier alpha value is -1.75. The van der Waals surface area contributed by atoms with Gasteiger partial charge in [0.15, 0.2) is 0 Å². The van der Waals surface area contributed by atoms with Gasteiger partial charge in [-0.15, -0.1) is 0 Å². The summed E-state index contributed by atoms with van der Waals surface area (Å²) in [5.41, 5.74) is 6.88. The van der Waals surface area contributed by atoms with Crippen molar-refractivity contribution >= 4 is 17.3 Å². The molecule has 5 heteroatoms. The molecule has 0 radical (unpaired) electrons. The van der Waals surface area contributed by atoms with Gasteiger partial charge in [0.05, 0.1) is 11.2 Å². The second kappa shape index (κ2) is 5.71. The van der Waals surface area contributed by atoms with E-state index in [-0.39, 0.29) is 5.56 Å². The molecule has 0 bridgehead atoms. The Kier molecular flexibility index (Phi) is 4.18. The number of hydrogen-bond acceptors (Lipinski definition) is 4. The molecule has 1 aromatic rings. The summed E-state index contributed by atoms with van der Waals surface area (Å²) in [7, 11) is 0. The third-order valence-electron chi connectivity index (χ3n) is 4.02. The number of carboxylic acids is 1. The summed E-state index contributed by atoms with van der Waals surface area (Å²) in [6, 6.07) is 3.34. The van der Waals surface area contributed by atoms with Crippen LogP contribution in [-0.4, -0.2) is 28.3 Å². The van der Waals surface area contributed by atoms with E-state index in [4.69, 9.17) is 10.8 Å². The molecule has 0 saturated heterocycles. The van der Waals surface area contributed by atoms with Gasteiger partial charge in [0, 0.05) is 17.9 Å². The Morgan fingerprint density at radius 3 is 2.60 bits per heavy atom. The van der Waals surface area contributed by atoms with Gasteiger partial charge in [0.2, 0.25) is 0 Å². The summed E-state index contributed by atoms with van der Waals surface area (Å²) in [5.74, 6) is -1.04. The van der Waals surface area contributed by atoms with Crippen LogP contribution in [0.4, 0.5) is 11.4 Å². The van der Waals surface area contributed by atoms with Crippen molar-refractivity contribution in [3.63, 3.8) is 0 Å². The van der Waals surface area contributed by atoms with Crippen molar-refractivity contribution in [2.45, 2.75) is 44.6 Å². The lowest BCUT2D eigenvalue weighted by Gasteiger charge is -2.32. The standard InChI is InChI=1S/C15H22N2O3/c1-10-7-11(8-12(13(10)16)14(18)19)17-9-15(20)5-3-2-4-6-15/h7-8,17,20H,2-6,9,16H2,1H3,(H,18,19). The fraction of sp³-hybridized carbons (Fsp3) is 0.533. The topological polar surface area (TPSA) is 95.6 Å². The van der Waals surface area contributed by atoms with E-state index in [9.17, 15) is 9.90 Å². The minimum Gasteiger partial charge on any atom is -0.478 e. The zero-order valence-electron chi connectivity index (χ0n) is 11.8. The van der Waals surface area contributed by atoms with Crippen LogP contribution in [0.15, 0.2) is 12.1 Å². The quantitative estimate of drug-likeness (QED) is 0.634. The normalized spacial score (nSPS) is 17.7. The molecule has 1 fully saturated rings. The summed E-state index contributed by atoms with van der Waals surface area (Å²) < 4.78 is 0. The first-order valence-corrected chi connectivity index (χ1v) is 7.01. The van der Waals surface area contributed by atoms with E-state index < -0.39 is 11.6 Å². The van der Waals surface area contributed by atoms with Crippen molar-refractivity contribution in [3.05, 3.63) is 23.3 Å². The lowest BCUT2D eigenvalue weighted by Crippen LogP contribution is -2.38. The van der Waals surface area contributed by atoms with Gasteiger partial charge in [0.25, 0.3) is 0 Å². The third kappa shape index (κ3) is 3.22. The number of aromatic carboxylic acids is 1. The van der Waals surface area contributed by atoms with Gasteiger partial charge in [-0.2, -0.15) is 0 Å². The van der Waals surface area contributed by atoms with E-state index in [1.807, 2.05) is 6.07 Å². The molecule has 0 unspecified atom stereocenters. The number of nitrogens with two attached hydrogens (primary N) is 1. The van der Waals surface area contributed by atoms with E-state index >= 15 is 0 Å². The summed E-state index contributed by atoms with van der Waals surface area (Å²) >= 11 is 0. The number of rotatable bonds is 4. The Morgan fingerprint density at radius 1 is 1.35 bits per heavy atom. The molecule has 0 aromatic heterocycles. The van der Waals surface area contributed by atoms with E-state index in [0.717, 1.165) is 31.2 Å². The van der Waals surface area contributed by atoms with Gasteiger partial charge in [-0.25, -0.2) is 4.79 Å². The average Bonchev–Trinajstić information content (AvgIpc) is 2.40. The molecule has 2 rings (SSSR count). The number of benzene rings is 1. The van der Waals surface area contributed by atoms with E-state index in [1.54, 1.807) is 6.92 Å². The lowest BCUT2D eigenvalue weighted by molar-refractivity contribution is 0.0167. The zero-order chi connectivity index (χ0) is 14.8. The highest BCUT2D eigenvalue weighted by Gasteiger charge is 2.28. The minimum absolute atomic E-state index is 0.100. The Morgan fingerprint density at radius 2 is 2.00 bits per heavy atom. The molecule has 5 nitrogen and oxygen atoms in total. The minimum atomic E-state index is -1.04. The number of carbonyl (C=O) groups is 1. The molecule has 1 aromatic carbocycles. The van der Waals surface area contributed by atoms with Crippen LogP contribution in [-0.2, 0) is 0 Å². The first kappa shape index (κ1) is 14.7. The highest BCUT2D eigenvalue weighted by atomic mass is 16.4. The number of hydrogen-bond donors (Lipinski definition) is 4. The van der Waals surface area contributed by atoms with Gasteiger partial charge >= 0.3 is 5.97 Å². The van der Waals surface area contributed by atoms with Crippen LogP contribution in [0, 0.1) is 6.92 Å². The van der Waals surface area contributed by atoms with Crippen LogP contribution in [0.3, 0.4) is 0 Å². The molecule has 1 saturated carbocycles. The first-order valence-electron chi connectivity index (χ1n) is 7.01. The number of nitrogen functional groups attached to an aromatic ring is 1. The molecule has 1 aliphatic rings. The van der Waals surface area contributed by atoms with Crippen LogP contribution >= 0.6 is 0 Å². The largest absolute Gasteiger partial charge is 0.478 e. The summed E-state index contributed by atoms with van der Waals surface area (Å²) in [6.07, 6.45) is 4.84. The number of nitrogens with one attached hydrogen (secondary N) is 1. The second-order valence-electron chi connectivity index (χ2n) is 5.70. The molecule has 0 heterocycles. The van der Waals surface area contributed by atoms with Crippen LogP contribution < -0.4 is 11.1 Å². The van der Waals surface area contributed by atoms with Crippen molar-refractivity contribution in [2.24, 2.45) is 0 Å². The highest BCUT2D eigenvalue weighted by Crippen LogP contribution is 2.29. The van der Waals surface area contributed by atoms with Crippen LogP contribution in [0.25, 0.3) is 0 Å². The predicted molar refractivity (Wildman–Crippen MR) is 79.1 cm³/mol. The number of anilines is 2. The number of aliphatic hydroxyl groups is 1. The van der Waals surface area contributed by atoms with Crippen molar-refractivity contribution < 1.29 is 15.0 Å².